The lowest BCUT2D eigenvalue weighted by Crippen LogP contribution is -2.27. The number of nitro groups is 1. The smallest absolute Gasteiger partial charge is 0.268 e. The van der Waals surface area contributed by atoms with Crippen LogP contribution in [0.3, 0.4) is 0 Å². The first kappa shape index (κ1) is 17.6. The molecule has 0 radical (unpaired) electrons. The Morgan fingerprint density at radius 2 is 1.77 bits per heavy atom. The molecule has 1 aliphatic rings. The molecule has 1 heterocycles. The molecule has 6 nitrogen and oxygen atoms in total. The molecule has 0 aromatic heterocycles. The highest BCUT2D eigenvalue weighted by molar-refractivity contribution is 8.18. The molecule has 0 atom stereocenters. The minimum absolute atomic E-state index is 0.0587. The maximum Gasteiger partial charge on any atom is 0.298 e. The van der Waals surface area contributed by atoms with Crippen LogP contribution >= 0.6 is 11.8 Å². The largest absolute Gasteiger partial charge is 0.298 e. The van der Waals surface area contributed by atoms with E-state index in [1.54, 1.807) is 18.2 Å². The lowest BCUT2D eigenvalue weighted by atomic mass is 10.1. The summed E-state index contributed by atoms with van der Waals surface area (Å²) in [5, 5.41) is 10.5. The summed E-state index contributed by atoms with van der Waals surface area (Å²) in [6.45, 7) is 0. The van der Waals surface area contributed by atoms with E-state index in [-0.39, 0.29) is 16.3 Å². The lowest BCUT2D eigenvalue weighted by molar-refractivity contribution is -0.385. The first-order chi connectivity index (χ1) is 12.5. The van der Waals surface area contributed by atoms with Gasteiger partial charge in [0.25, 0.3) is 16.8 Å². The third-order valence-corrected chi connectivity index (χ3v) is 4.42. The van der Waals surface area contributed by atoms with Crippen molar-refractivity contribution in [1.29, 1.82) is 0 Å². The van der Waals surface area contributed by atoms with E-state index >= 15 is 0 Å². The predicted octanol–water partition coefficient (Wildman–Crippen LogP) is 4.53. The molecule has 2 aromatic rings. The number of para-hydroxylation sites is 1. The minimum Gasteiger partial charge on any atom is -0.268 e. The Labute approximate surface area is 151 Å². The third-order valence-electron chi connectivity index (χ3n) is 3.54. The molecule has 0 bridgehead atoms. The second-order valence-electron chi connectivity index (χ2n) is 5.19. The number of halogens is 1. The molecule has 3 rings (SSSR count). The number of allylic oxidation sites excluding steroid dienone is 2. The van der Waals surface area contributed by atoms with Crippen LogP contribution < -0.4 is 4.90 Å². The Hall–Kier alpha value is -3.26. The Kier molecular flexibility index (Phi) is 4.94. The average molecular weight is 370 g/mol. The van der Waals surface area contributed by atoms with Crippen LogP contribution in [-0.4, -0.2) is 16.1 Å². The number of nitro benzene ring substituents is 1. The number of carbonyl (C=O) groups is 2. The van der Waals surface area contributed by atoms with Crippen molar-refractivity contribution in [1.82, 2.24) is 0 Å². The number of carbonyl (C=O) groups excluding carboxylic acids is 2. The standard InChI is InChI=1S/C18H11FN2O4S/c19-13-8-10-14(11-9-13)20-17(22)16(26-18(20)23)7-3-5-12-4-1-2-6-15(12)21(24)25/h1-11H/b5-3+,16-7-. The number of rotatable bonds is 4. The van der Waals surface area contributed by atoms with E-state index in [4.69, 9.17) is 0 Å². The Balaban J connectivity index is 1.82. The number of nitrogens with zero attached hydrogens (tertiary/aromatic N) is 2. The van der Waals surface area contributed by atoms with Gasteiger partial charge < -0.3 is 0 Å². The summed E-state index contributed by atoms with van der Waals surface area (Å²) in [5.41, 5.74) is 0.600. The molecule has 130 valence electrons. The van der Waals surface area contributed by atoms with Crippen LogP contribution in [0.4, 0.5) is 20.6 Å². The van der Waals surface area contributed by atoms with Gasteiger partial charge in [0.05, 0.1) is 21.1 Å². The second kappa shape index (κ2) is 7.32. The van der Waals surface area contributed by atoms with E-state index in [1.807, 2.05) is 0 Å². The average Bonchev–Trinajstić information content (AvgIpc) is 2.90. The van der Waals surface area contributed by atoms with E-state index in [2.05, 4.69) is 0 Å². The normalized spacial score (nSPS) is 16.0. The molecule has 2 aromatic carbocycles. The Morgan fingerprint density at radius 1 is 1.08 bits per heavy atom. The summed E-state index contributed by atoms with van der Waals surface area (Å²) in [6, 6.07) is 11.2. The third kappa shape index (κ3) is 3.55. The van der Waals surface area contributed by atoms with Crippen LogP contribution in [0.2, 0.25) is 0 Å². The SMILES string of the molecule is O=C1S/C(=C\C=C\c2ccccc2[N+](=O)[O-])C(=O)N1c1ccc(F)cc1. The van der Waals surface area contributed by atoms with Crippen LogP contribution in [0, 0.1) is 15.9 Å². The Bertz CT molecular complexity index is 954. The van der Waals surface area contributed by atoms with Crippen LogP contribution in [0.15, 0.2) is 65.6 Å². The highest BCUT2D eigenvalue weighted by Gasteiger charge is 2.35. The van der Waals surface area contributed by atoms with E-state index in [1.165, 1.54) is 36.4 Å². The number of amides is 2. The second-order valence-corrected chi connectivity index (χ2v) is 6.18. The minimum atomic E-state index is -0.529. The molecule has 0 saturated carbocycles. The van der Waals surface area contributed by atoms with Gasteiger partial charge in [-0.05, 0) is 54.2 Å². The zero-order valence-electron chi connectivity index (χ0n) is 13.2. The van der Waals surface area contributed by atoms with E-state index < -0.39 is 21.9 Å². The molecule has 0 N–H and O–H groups in total. The fraction of sp³-hybridized carbons (Fsp3) is 0. The molecule has 1 aliphatic heterocycles. The van der Waals surface area contributed by atoms with Crippen LogP contribution in [0.1, 0.15) is 5.56 Å². The molecule has 0 aliphatic carbocycles. The summed E-state index contributed by atoms with van der Waals surface area (Å²) in [4.78, 5) is 36.1. The zero-order valence-corrected chi connectivity index (χ0v) is 14.0. The summed E-state index contributed by atoms with van der Waals surface area (Å²) < 4.78 is 13.0. The molecular weight excluding hydrogens is 359 g/mol. The summed E-state index contributed by atoms with van der Waals surface area (Å²) >= 11 is 0.746. The highest BCUT2D eigenvalue weighted by Crippen LogP contribution is 2.34. The maximum absolute atomic E-state index is 13.0. The van der Waals surface area contributed by atoms with Crippen molar-refractivity contribution < 1.29 is 18.9 Å². The molecule has 1 fully saturated rings. The van der Waals surface area contributed by atoms with Crippen molar-refractivity contribution in [3.63, 3.8) is 0 Å². The molecule has 1 saturated heterocycles. The van der Waals surface area contributed by atoms with Gasteiger partial charge in [0.2, 0.25) is 0 Å². The van der Waals surface area contributed by atoms with Gasteiger partial charge in [-0.15, -0.1) is 0 Å². The van der Waals surface area contributed by atoms with Crippen molar-refractivity contribution in [2.45, 2.75) is 0 Å². The van der Waals surface area contributed by atoms with E-state index in [0.717, 1.165) is 28.8 Å². The topological polar surface area (TPSA) is 80.5 Å². The number of benzene rings is 2. The van der Waals surface area contributed by atoms with Crippen molar-refractivity contribution in [2.75, 3.05) is 4.90 Å². The van der Waals surface area contributed by atoms with Crippen LogP contribution in [0.25, 0.3) is 6.08 Å². The molecular formula is C18H11FN2O4S. The number of anilines is 1. The van der Waals surface area contributed by atoms with Gasteiger partial charge in [-0.25, -0.2) is 9.29 Å². The van der Waals surface area contributed by atoms with Gasteiger partial charge in [0, 0.05) is 6.07 Å². The first-order valence-corrected chi connectivity index (χ1v) is 8.22. The van der Waals surface area contributed by atoms with Crippen molar-refractivity contribution in [3.05, 3.63) is 87.1 Å². The molecule has 0 spiro atoms. The number of thioether (sulfide) groups is 1. The summed E-state index contributed by atoms with van der Waals surface area (Å²) in [6.07, 6.45) is 4.39. The number of imide groups is 1. The van der Waals surface area contributed by atoms with Crippen molar-refractivity contribution >= 4 is 40.4 Å². The molecule has 8 heteroatoms. The number of hydrogen-bond acceptors (Lipinski definition) is 5. The van der Waals surface area contributed by atoms with Crippen molar-refractivity contribution in [3.8, 4) is 0 Å². The maximum atomic E-state index is 13.0. The number of hydrogen-bond donors (Lipinski definition) is 0. The van der Waals surface area contributed by atoms with E-state index in [9.17, 15) is 24.1 Å². The summed E-state index contributed by atoms with van der Waals surface area (Å²) in [5.74, 6) is -0.998. The van der Waals surface area contributed by atoms with Gasteiger partial charge in [0.15, 0.2) is 0 Å². The molecule has 0 unspecified atom stereocenters. The zero-order chi connectivity index (χ0) is 18.7. The van der Waals surface area contributed by atoms with Gasteiger partial charge in [0.1, 0.15) is 5.82 Å². The van der Waals surface area contributed by atoms with Gasteiger partial charge in [-0.3, -0.25) is 19.7 Å². The van der Waals surface area contributed by atoms with Gasteiger partial charge in [-0.1, -0.05) is 18.2 Å². The fourth-order valence-corrected chi connectivity index (χ4v) is 3.12. The van der Waals surface area contributed by atoms with Crippen LogP contribution in [-0.2, 0) is 4.79 Å². The fourth-order valence-electron chi connectivity index (χ4n) is 2.33. The highest BCUT2D eigenvalue weighted by atomic mass is 32.2. The van der Waals surface area contributed by atoms with Gasteiger partial charge >= 0.3 is 0 Å². The Morgan fingerprint density at radius 3 is 2.46 bits per heavy atom. The van der Waals surface area contributed by atoms with Gasteiger partial charge in [-0.2, -0.15) is 0 Å². The lowest BCUT2D eigenvalue weighted by Gasteiger charge is -2.11. The molecule has 2 amide bonds. The molecule has 26 heavy (non-hydrogen) atoms. The predicted molar refractivity (Wildman–Crippen MR) is 97.1 cm³/mol. The summed E-state index contributed by atoms with van der Waals surface area (Å²) in [7, 11) is 0. The van der Waals surface area contributed by atoms with Crippen molar-refractivity contribution in [2.24, 2.45) is 0 Å². The quantitative estimate of drug-likeness (QED) is 0.449. The monoisotopic (exact) mass is 370 g/mol. The van der Waals surface area contributed by atoms with Crippen LogP contribution in [0.5, 0.6) is 0 Å². The van der Waals surface area contributed by atoms with E-state index in [0.29, 0.717) is 5.56 Å². The first-order valence-electron chi connectivity index (χ1n) is 7.41.